The van der Waals surface area contributed by atoms with E-state index in [4.69, 9.17) is 16.6 Å². The van der Waals surface area contributed by atoms with Crippen molar-refractivity contribution in [2.75, 3.05) is 0 Å². The van der Waals surface area contributed by atoms with Gasteiger partial charge < -0.3 is 4.57 Å². The van der Waals surface area contributed by atoms with Gasteiger partial charge in [-0.2, -0.15) is 0 Å². The summed E-state index contributed by atoms with van der Waals surface area (Å²) in [4.78, 5) is 9.45. The Morgan fingerprint density at radius 3 is 2.68 bits per heavy atom. The Kier molecular flexibility index (Phi) is 3.96. The minimum absolute atomic E-state index is 0.623. The van der Waals surface area contributed by atoms with Crippen LogP contribution in [0.25, 0.3) is 28.1 Å². The van der Waals surface area contributed by atoms with E-state index in [0.717, 1.165) is 41.6 Å². The fourth-order valence-electron chi connectivity index (χ4n) is 3.28. The van der Waals surface area contributed by atoms with E-state index in [1.807, 2.05) is 24.3 Å². The molecule has 0 fully saturated rings. The van der Waals surface area contributed by atoms with Gasteiger partial charge in [-0.3, -0.25) is 0 Å². The molecular weight excluding hydrogens is 334 g/mol. The second-order valence-corrected chi connectivity index (χ2v) is 6.75. The van der Waals surface area contributed by atoms with Gasteiger partial charge in [-0.15, -0.1) is 5.10 Å². The van der Waals surface area contributed by atoms with Gasteiger partial charge in [0.1, 0.15) is 12.0 Å². The summed E-state index contributed by atoms with van der Waals surface area (Å²) in [6.07, 6.45) is 4.03. The van der Waals surface area contributed by atoms with Gasteiger partial charge in [-0.25, -0.2) is 14.5 Å². The molecule has 0 aliphatic carbocycles. The zero-order valence-corrected chi connectivity index (χ0v) is 15.4. The van der Waals surface area contributed by atoms with Crippen LogP contribution in [0.1, 0.15) is 31.0 Å². The summed E-state index contributed by atoms with van der Waals surface area (Å²) in [5, 5.41) is 6.31. The first-order valence-corrected chi connectivity index (χ1v) is 8.95. The first kappa shape index (κ1) is 16.1. The van der Waals surface area contributed by atoms with Crippen molar-refractivity contribution in [3.8, 4) is 11.4 Å². The number of aryl methyl sites for hydroxylation is 2. The zero-order valence-electron chi connectivity index (χ0n) is 14.6. The summed E-state index contributed by atoms with van der Waals surface area (Å²) in [5.74, 6) is 0.623. The fraction of sp³-hybridized carbons (Fsp3) is 0.316. The Labute approximate surface area is 151 Å². The molecule has 5 nitrogen and oxygen atoms in total. The van der Waals surface area contributed by atoms with Crippen molar-refractivity contribution >= 4 is 28.3 Å². The highest BCUT2D eigenvalue weighted by atomic mass is 35.5. The highest BCUT2D eigenvalue weighted by molar-refractivity contribution is 6.33. The third-order valence-corrected chi connectivity index (χ3v) is 5.13. The molecule has 3 heterocycles. The molecule has 6 heteroatoms. The molecule has 0 radical (unpaired) electrons. The Hall–Kier alpha value is -2.40. The Bertz CT molecular complexity index is 1080. The third-order valence-electron chi connectivity index (χ3n) is 4.80. The molecule has 1 aromatic carbocycles. The van der Waals surface area contributed by atoms with Gasteiger partial charge in [0.05, 0.1) is 10.4 Å². The first-order valence-electron chi connectivity index (χ1n) is 8.57. The lowest BCUT2D eigenvalue weighted by molar-refractivity contribution is 0.631. The zero-order chi connectivity index (χ0) is 17.6. The van der Waals surface area contributed by atoms with Crippen LogP contribution in [0.3, 0.4) is 0 Å². The lowest BCUT2D eigenvalue weighted by atomic mass is 10.2. The molecule has 0 unspecified atom stereocenters. The Morgan fingerprint density at radius 1 is 1.12 bits per heavy atom. The molecule has 0 aliphatic rings. The van der Waals surface area contributed by atoms with Crippen LogP contribution in [0.4, 0.5) is 0 Å². The van der Waals surface area contributed by atoms with Crippen LogP contribution in [-0.2, 0) is 6.54 Å². The predicted octanol–water partition coefficient (Wildman–Crippen LogP) is 4.82. The molecule has 128 valence electrons. The van der Waals surface area contributed by atoms with Gasteiger partial charge in [0.2, 0.25) is 0 Å². The maximum absolute atomic E-state index is 6.31. The van der Waals surface area contributed by atoms with Crippen molar-refractivity contribution in [2.24, 2.45) is 0 Å². The number of hydrogen-bond donors (Lipinski definition) is 0. The predicted molar refractivity (Wildman–Crippen MR) is 101 cm³/mol. The molecule has 4 rings (SSSR count). The normalized spacial score (nSPS) is 11.7. The van der Waals surface area contributed by atoms with Gasteiger partial charge in [-0.05, 0) is 38.0 Å². The average molecular weight is 354 g/mol. The highest BCUT2D eigenvalue weighted by Crippen LogP contribution is 2.30. The lowest BCUT2D eigenvalue weighted by Crippen LogP contribution is -2.01. The topological polar surface area (TPSA) is 48.0 Å². The molecule has 0 atom stereocenters. The number of unbranched alkanes of at least 4 members (excludes halogenated alkanes) is 1. The minimum atomic E-state index is 0.623. The standard InChI is InChI=1S/C19H20ClN5/c1-4-5-10-24-13(3)12(2)16-18(24)21-11-25-19(16)22-17(23-25)14-8-6-7-9-15(14)20/h6-9,11H,4-5,10H2,1-3H3. The minimum Gasteiger partial charge on any atom is -0.329 e. The van der Waals surface area contributed by atoms with Gasteiger partial charge >= 0.3 is 0 Å². The lowest BCUT2D eigenvalue weighted by Gasteiger charge is -2.06. The molecule has 0 amide bonds. The fourth-order valence-corrected chi connectivity index (χ4v) is 3.50. The van der Waals surface area contributed by atoms with E-state index in [2.05, 4.69) is 35.4 Å². The van der Waals surface area contributed by atoms with Crippen molar-refractivity contribution in [2.45, 2.75) is 40.2 Å². The number of aromatic nitrogens is 5. The van der Waals surface area contributed by atoms with Crippen LogP contribution in [-0.4, -0.2) is 24.1 Å². The van der Waals surface area contributed by atoms with Crippen LogP contribution in [0.2, 0.25) is 5.02 Å². The van der Waals surface area contributed by atoms with Crippen LogP contribution < -0.4 is 0 Å². The molecule has 4 aromatic rings. The van der Waals surface area contributed by atoms with E-state index in [0.29, 0.717) is 10.8 Å². The molecule has 0 aliphatic heterocycles. The summed E-state index contributed by atoms with van der Waals surface area (Å²) in [6.45, 7) is 7.45. The molecule has 0 spiro atoms. The van der Waals surface area contributed by atoms with Crippen LogP contribution in [0.5, 0.6) is 0 Å². The second-order valence-electron chi connectivity index (χ2n) is 6.34. The summed E-state index contributed by atoms with van der Waals surface area (Å²) in [7, 11) is 0. The van der Waals surface area contributed by atoms with Gasteiger partial charge in [0, 0.05) is 17.8 Å². The first-order chi connectivity index (χ1) is 12.1. The summed E-state index contributed by atoms with van der Waals surface area (Å²) in [5.41, 5.74) is 5.10. The number of benzene rings is 1. The summed E-state index contributed by atoms with van der Waals surface area (Å²) >= 11 is 6.31. The van der Waals surface area contributed by atoms with Crippen molar-refractivity contribution < 1.29 is 0 Å². The Balaban J connectivity index is 1.97. The highest BCUT2D eigenvalue weighted by Gasteiger charge is 2.18. The molecule has 0 saturated heterocycles. The number of halogens is 1. The van der Waals surface area contributed by atoms with Crippen molar-refractivity contribution in [1.82, 2.24) is 24.1 Å². The maximum Gasteiger partial charge on any atom is 0.183 e. The quantitative estimate of drug-likeness (QED) is 0.528. The average Bonchev–Trinajstić information content (AvgIpc) is 3.14. The number of hydrogen-bond acceptors (Lipinski definition) is 3. The monoisotopic (exact) mass is 353 g/mol. The van der Waals surface area contributed by atoms with E-state index < -0.39 is 0 Å². The van der Waals surface area contributed by atoms with Gasteiger partial charge in [0.25, 0.3) is 0 Å². The van der Waals surface area contributed by atoms with Crippen LogP contribution in [0.15, 0.2) is 30.6 Å². The van der Waals surface area contributed by atoms with E-state index >= 15 is 0 Å². The molecule has 0 N–H and O–H groups in total. The maximum atomic E-state index is 6.31. The van der Waals surface area contributed by atoms with Crippen molar-refractivity contribution in [3.63, 3.8) is 0 Å². The van der Waals surface area contributed by atoms with Crippen LogP contribution >= 0.6 is 11.6 Å². The molecule has 25 heavy (non-hydrogen) atoms. The number of nitrogens with zero attached hydrogens (tertiary/aromatic N) is 5. The number of rotatable bonds is 4. The van der Waals surface area contributed by atoms with E-state index in [9.17, 15) is 0 Å². The smallest absolute Gasteiger partial charge is 0.183 e. The van der Waals surface area contributed by atoms with E-state index in [1.165, 1.54) is 11.3 Å². The van der Waals surface area contributed by atoms with Crippen molar-refractivity contribution in [1.29, 1.82) is 0 Å². The van der Waals surface area contributed by atoms with Gasteiger partial charge in [0.15, 0.2) is 11.5 Å². The molecule has 0 bridgehead atoms. The number of fused-ring (bicyclic) bond motifs is 3. The Morgan fingerprint density at radius 2 is 1.92 bits per heavy atom. The van der Waals surface area contributed by atoms with E-state index in [-0.39, 0.29) is 0 Å². The molecule has 0 saturated carbocycles. The summed E-state index contributed by atoms with van der Waals surface area (Å²) < 4.78 is 4.04. The molecular formula is C19H20ClN5. The molecule has 3 aromatic heterocycles. The largest absolute Gasteiger partial charge is 0.329 e. The SMILES string of the molecule is CCCCn1c(C)c(C)c2c1ncn1nc(-c3ccccc3Cl)nc21. The summed E-state index contributed by atoms with van der Waals surface area (Å²) in [6, 6.07) is 7.64. The third kappa shape index (κ3) is 2.50. The van der Waals surface area contributed by atoms with E-state index in [1.54, 1.807) is 10.8 Å². The van der Waals surface area contributed by atoms with Crippen LogP contribution in [0, 0.1) is 13.8 Å². The second kappa shape index (κ2) is 6.15. The van der Waals surface area contributed by atoms with Gasteiger partial charge in [-0.1, -0.05) is 37.1 Å². The van der Waals surface area contributed by atoms with Crippen molar-refractivity contribution in [3.05, 3.63) is 46.9 Å².